The molecule has 25 heavy (non-hydrogen) atoms. The molecule has 0 unspecified atom stereocenters. The molecular formula is C20H17Cl2NO2. The van der Waals surface area contributed by atoms with Crippen molar-refractivity contribution in [2.24, 2.45) is 0 Å². The number of hydrogen-bond donors (Lipinski definition) is 1. The average Bonchev–Trinajstić information content (AvgIpc) is 2.62. The lowest BCUT2D eigenvalue weighted by Gasteiger charge is -2.11. The standard InChI is InChI=1S/C20H17Cl2NO2/c1-24-20-18(21)11-14(12-19(20)22)13-23-15-7-9-17(10-8-15)25-16-5-3-2-4-6-16/h2-12,23H,13H2,1H3. The van der Waals surface area contributed by atoms with Crippen LogP contribution in [0.1, 0.15) is 5.56 Å². The molecule has 0 saturated heterocycles. The zero-order valence-corrected chi connectivity index (χ0v) is 15.1. The molecule has 3 aromatic rings. The van der Waals surface area contributed by atoms with E-state index in [2.05, 4.69) is 5.32 Å². The molecule has 0 radical (unpaired) electrons. The Bertz CT molecular complexity index is 813. The van der Waals surface area contributed by atoms with Crippen LogP contribution < -0.4 is 14.8 Å². The van der Waals surface area contributed by atoms with Crippen LogP contribution in [0.15, 0.2) is 66.7 Å². The fraction of sp³-hybridized carbons (Fsp3) is 0.100. The van der Waals surface area contributed by atoms with Crippen molar-refractivity contribution in [2.45, 2.75) is 6.54 Å². The lowest BCUT2D eigenvalue weighted by molar-refractivity contribution is 0.415. The summed E-state index contributed by atoms with van der Waals surface area (Å²) in [6, 6.07) is 21.1. The Labute approximate surface area is 157 Å². The Hall–Kier alpha value is -2.36. The number of nitrogens with one attached hydrogen (secondary N) is 1. The minimum absolute atomic E-state index is 0.495. The van der Waals surface area contributed by atoms with Gasteiger partial charge < -0.3 is 14.8 Å². The van der Waals surface area contributed by atoms with Gasteiger partial charge in [0.25, 0.3) is 0 Å². The highest BCUT2D eigenvalue weighted by molar-refractivity contribution is 6.37. The number of benzene rings is 3. The summed E-state index contributed by atoms with van der Waals surface area (Å²) < 4.78 is 10.9. The first-order chi connectivity index (χ1) is 12.2. The molecule has 128 valence electrons. The third-order valence-electron chi connectivity index (χ3n) is 3.59. The lowest BCUT2D eigenvalue weighted by atomic mass is 10.2. The molecule has 0 aromatic heterocycles. The van der Waals surface area contributed by atoms with E-state index in [0.717, 1.165) is 22.7 Å². The number of para-hydroxylation sites is 1. The number of ether oxygens (including phenoxy) is 2. The number of methoxy groups -OCH3 is 1. The highest BCUT2D eigenvalue weighted by Gasteiger charge is 2.08. The largest absolute Gasteiger partial charge is 0.494 e. The van der Waals surface area contributed by atoms with E-state index in [1.165, 1.54) is 0 Å². The molecule has 3 nitrogen and oxygen atoms in total. The first-order valence-electron chi connectivity index (χ1n) is 7.74. The Kier molecular flexibility index (Phi) is 5.69. The van der Waals surface area contributed by atoms with Gasteiger partial charge in [-0.1, -0.05) is 41.4 Å². The summed E-state index contributed by atoms with van der Waals surface area (Å²) in [4.78, 5) is 0. The predicted octanol–water partition coefficient (Wildman–Crippen LogP) is 6.41. The molecule has 0 bridgehead atoms. The van der Waals surface area contributed by atoms with Crippen LogP contribution in [0.25, 0.3) is 0 Å². The van der Waals surface area contributed by atoms with Gasteiger partial charge in [-0.15, -0.1) is 0 Å². The molecular weight excluding hydrogens is 357 g/mol. The van der Waals surface area contributed by atoms with Crippen molar-refractivity contribution in [3.63, 3.8) is 0 Å². The Morgan fingerprint density at radius 3 is 2.04 bits per heavy atom. The van der Waals surface area contributed by atoms with Crippen molar-refractivity contribution in [3.05, 3.63) is 82.3 Å². The number of anilines is 1. The second kappa shape index (κ2) is 8.15. The maximum atomic E-state index is 6.16. The fourth-order valence-electron chi connectivity index (χ4n) is 2.38. The van der Waals surface area contributed by atoms with Crippen molar-refractivity contribution in [3.8, 4) is 17.2 Å². The van der Waals surface area contributed by atoms with E-state index < -0.39 is 0 Å². The second-order valence-electron chi connectivity index (χ2n) is 5.39. The van der Waals surface area contributed by atoms with E-state index in [9.17, 15) is 0 Å². The fourth-order valence-corrected chi connectivity index (χ4v) is 3.07. The van der Waals surface area contributed by atoms with E-state index in [0.29, 0.717) is 22.3 Å². The van der Waals surface area contributed by atoms with Crippen LogP contribution in [0.2, 0.25) is 10.0 Å². The van der Waals surface area contributed by atoms with Crippen LogP contribution in [-0.4, -0.2) is 7.11 Å². The topological polar surface area (TPSA) is 30.5 Å². The minimum Gasteiger partial charge on any atom is -0.494 e. The maximum Gasteiger partial charge on any atom is 0.156 e. The highest BCUT2D eigenvalue weighted by Crippen LogP contribution is 2.34. The summed E-state index contributed by atoms with van der Waals surface area (Å²) in [6.07, 6.45) is 0. The second-order valence-corrected chi connectivity index (χ2v) is 6.20. The molecule has 3 aromatic carbocycles. The van der Waals surface area contributed by atoms with Gasteiger partial charge in [0.1, 0.15) is 11.5 Å². The molecule has 0 spiro atoms. The van der Waals surface area contributed by atoms with Gasteiger partial charge in [0.05, 0.1) is 17.2 Å². The number of hydrogen-bond acceptors (Lipinski definition) is 3. The molecule has 3 rings (SSSR count). The number of halogens is 2. The average molecular weight is 374 g/mol. The third kappa shape index (κ3) is 4.59. The Morgan fingerprint density at radius 2 is 1.44 bits per heavy atom. The van der Waals surface area contributed by atoms with Gasteiger partial charge in [-0.05, 0) is 54.1 Å². The summed E-state index contributed by atoms with van der Waals surface area (Å²) in [7, 11) is 1.55. The van der Waals surface area contributed by atoms with E-state index in [1.807, 2.05) is 66.7 Å². The SMILES string of the molecule is COc1c(Cl)cc(CNc2ccc(Oc3ccccc3)cc2)cc1Cl. The monoisotopic (exact) mass is 373 g/mol. The molecule has 0 amide bonds. The molecule has 0 saturated carbocycles. The molecule has 0 aliphatic carbocycles. The normalized spacial score (nSPS) is 10.4. The Balaban J connectivity index is 1.62. The summed E-state index contributed by atoms with van der Waals surface area (Å²) in [5, 5.41) is 4.33. The van der Waals surface area contributed by atoms with E-state index in [4.69, 9.17) is 32.7 Å². The molecule has 0 atom stereocenters. The third-order valence-corrected chi connectivity index (χ3v) is 4.15. The quantitative estimate of drug-likeness (QED) is 0.541. The van der Waals surface area contributed by atoms with Crippen molar-refractivity contribution < 1.29 is 9.47 Å². The van der Waals surface area contributed by atoms with Crippen LogP contribution in [0.5, 0.6) is 17.2 Å². The van der Waals surface area contributed by atoms with Crippen molar-refractivity contribution >= 4 is 28.9 Å². The summed E-state index contributed by atoms with van der Waals surface area (Å²) in [5.74, 6) is 2.09. The zero-order valence-electron chi connectivity index (χ0n) is 13.6. The maximum absolute atomic E-state index is 6.16. The van der Waals surface area contributed by atoms with Crippen LogP contribution in [0.3, 0.4) is 0 Å². The van der Waals surface area contributed by atoms with Crippen LogP contribution in [-0.2, 0) is 6.54 Å². The van der Waals surface area contributed by atoms with Gasteiger partial charge in [0, 0.05) is 12.2 Å². The Morgan fingerprint density at radius 1 is 0.840 bits per heavy atom. The molecule has 1 N–H and O–H groups in total. The minimum atomic E-state index is 0.495. The zero-order chi connectivity index (χ0) is 17.6. The van der Waals surface area contributed by atoms with Gasteiger partial charge in [0.2, 0.25) is 0 Å². The summed E-state index contributed by atoms with van der Waals surface area (Å²) in [5.41, 5.74) is 1.95. The molecule has 0 heterocycles. The molecule has 0 aliphatic heterocycles. The van der Waals surface area contributed by atoms with Gasteiger partial charge in [-0.3, -0.25) is 0 Å². The van der Waals surface area contributed by atoms with Crippen LogP contribution in [0, 0.1) is 0 Å². The van der Waals surface area contributed by atoms with Crippen molar-refractivity contribution in [1.29, 1.82) is 0 Å². The van der Waals surface area contributed by atoms with Gasteiger partial charge >= 0.3 is 0 Å². The van der Waals surface area contributed by atoms with Gasteiger partial charge in [0.15, 0.2) is 5.75 Å². The number of rotatable bonds is 6. The van der Waals surface area contributed by atoms with Gasteiger partial charge in [-0.2, -0.15) is 0 Å². The van der Waals surface area contributed by atoms with Gasteiger partial charge in [-0.25, -0.2) is 0 Å². The summed E-state index contributed by atoms with van der Waals surface area (Å²) in [6.45, 7) is 0.600. The van der Waals surface area contributed by atoms with E-state index in [1.54, 1.807) is 7.11 Å². The van der Waals surface area contributed by atoms with E-state index >= 15 is 0 Å². The molecule has 0 fully saturated rings. The first-order valence-corrected chi connectivity index (χ1v) is 8.50. The molecule has 0 aliphatic rings. The lowest BCUT2D eigenvalue weighted by Crippen LogP contribution is -2.00. The smallest absolute Gasteiger partial charge is 0.156 e. The van der Waals surface area contributed by atoms with Crippen LogP contribution >= 0.6 is 23.2 Å². The van der Waals surface area contributed by atoms with Crippen molar-refractivity contribution in [2.75, 3.05) is 12.4 Å². The van der Waals surface area contributed by atoms with E-state index in [-0.39, 0.29) is 0 Å². The first kappa shape index (κ1) is 17.5. The molecule has 5 heteroatoms. The van der Waals surface area contributed by atoms with Crippen LogP contribution in [0.4, 0.5) is 5.69 Å². The summed E-state index contributed by atoms with van der Waals surface area (Å²) >= 11 is 12.3. The highest BCUT2D eigenvalue weighted by atomic mass is 35.5. The van der Waals surface area contributed by atoms with Crippen molar-refractivity contribution in [1.82, 2.24) is 0 Å². The predicted molar refractivity (Wildman–Crippen MR) is 103 cm³/mol.